The highest BCUT2D eigenvalue weighted by molar-refractivity contribution is 4.96. The number of piperidine rings is 2. The van der Waals surface area contributed by atoms with Gasteiger partial charge in [-0.2, -0.15) is 0 Å². The summed E-state index contributed by atoms with van der Waals surface area (Å²) >= 11 is 0. The van der Waals surface area contributed by atoms with Gasteiger partial charge < -0.3 is 10.2 Å². The number of hydrogen-bond acceptors (Lipinski definition) is 3. The van der Waals surface area contributed by atoms with E-state index in [1.54, 1.807) is 0 Å². The molecule has 0 aromatic rings. The Morgan fingerprint density at radius 2 is 1.79 bits per heavy atom. The van der Waals surface area contributed by atoms with Gasteiger partial charge in [0, 0.05) is 37.3 Å². The van der Waals surface area contributed by atoms with Gasteiger partial charge in [-0.25, -0.2) is 0 Å². The lowest BCUT2D eigenvalue weighted by molar-refractivity contribution is 0.0154. The van der Waals surface area contributed by atoms with E-state index in [2.05, 4.69) is 29.1 Å². The van der Waals surface area contributed by atoms with Crippen LogP contribution >= 0.6 is 0 Å². The zero-order valence-electron chi connectivity index (χ0n) is 12.8. The number of nitrogens with one attached hydrogen (secondary N) is 1. The van der Waals surface area contributed by atoms with Crippen molar-refractivity contribution in [2.24, 2.45) is 0 Å². The van der Waals surface area contributed by atoms with Gasteiger partial charge in [-0.05, 0) is 52.1 Å². The van der Waals surface area contributed by atoms with Crippen LogP contribution in [0.1, 0.15) is 51.9 Å². The first-order valence-electron chi connectivity index (χ1n) is 8.47. The largest absolute Gasteiger partial charge is 0.313 e. The SMILES string of the molecule is CCCNC1CCN(C2CC3CCCC(C2)N3C)C1. The van der Waals surface area contributed by atoms with Crippen LogP contribution in [0, 0.1) is 0 Å². The van der Waals surface area contributed by atoms with Crippen LogP contribution in [-0.4, -0.2) is 60.6 Å². The van der Waals surface area contributed by atoms with E-state index in [9.17, 15) is 0 Å². The second-order valence-corrected chi connectivity index (χ2v) is 6.96. The fourth-order valence-corrected chi connectivity index (χ4v) is 4.52. The van der Waals surface area contributed by atoms with E-state index < -0.39 is 0 Å². The zero-order valence-corrected chi connectivity index (χ0v) is 12.8. The van der Waals surface area contributed by atoms with Crippen molar-refractivity contribution in [3.8, 4) is 0 Å². The van der Waals surface area contributed by atoms with Crippen molar-refractivity contribution >= 4 is 0 Å². The molecule has 0 saturated carbocycles. The molecule has 3 unspecified atom stereocenters. The maximum absolute atomic E-state index is 3.71. The molecule has 110 valence electrons. The molecule has 3 atom stereocenters. The lowest BCUT2D eigenvalue weighted by atomic mass is 9.82. The van der Waals surface area contributed by atoms with Gasteiger partial charge in [-0.1, -0.05) is 13.3 Å². The Labute approximate surface area is 118 Å². The normalized spacial score (nSPS) is 40.7. The Hall–Kier alpha value is -0.120. The maximum atomic E-state index is 3.71. The average molecular weight is 265 g/mol. The van der Waals surface area contributed by atoms with Crippen molar-refractivity contribution in [2.75, 3.05) is 26.7 Å². The van der Waals surface area contributed by atoms with E-state index in [4.69, 9.17) is 0 Å². The van der Waals surface area contributed by atoms with Crippen LogP contribution in [0.5, 0.6) is 0 Å². The molecule has 0 spiro atoms. The highest BCUT2D eigenvalue weighted by atomic mass is 15.3. The molecule has 0 aliphatic carbocycles. The molecule has 3 nitrogen and oxygen atoms in total. The smallest absolute Gasteiger partial charge is 0.0207 e. The minimum atomic E-state index is 0.763. The second kappa shape index (κ2) is 6.11. The number of likely N-dealkylation sites (tertiary alicyclic amines) is 1. The lowest BCUT2D eigenvalue weighted by Crippen LogP contribution is -2.55. The van der Waals surface area contributed by atoms with Gasteiger partial charge in [-0.3, -0.25) is 4.90 Å². The first-order valence-corrected chi connectivity index (χ1v) is 8.47. The summed E-state index contributed by atoms with van der Waals surface area (Å²) in [6.07, 6.45) is 9.81. The van der Waals surface area contributed by atoms with E-state index in [0.717, 1.165) is 24.2 Å². The highest BCUT2D eigenvalue weighted by Crippen LogP contribution is 2.35. The molecule has 3 heterocycles. The molecule has 0 aromatic heterocycles. The van der Waals surface area contributed by atoms with Crippen molar-refractivity contribution < 1.29 is 0 Å². The summed E-state index contributed by atoms with van der Waals surface area (Å²) in [6, 6.07) is 3.39. The first kappa shape index (κ1) is 13.8. The van der Waals surface area contributed by atoms with Gasteiger partial charge in [0.15, 0.2) is 0 Å². The van der Waals surface area contributed by atoms with Crippen LogP contribution in [0.2, 0.25) is 0 Å². The molecular formula is C16H31N3. The molecule has 19 heavy (non-hydrogen) atoms. The summed E-state index contributed by atoms with van der Waals surface area (Å²) in [6.45, 7) is 6.08. The van der Waals surface area contributed by atoms with Crippen molar-refractivity contribution in [2.45, 2.75) is 76.0 Å². The predicted octanol–water partition coefficient (Wildman–Crippen LogP) is 2.08. The third-order valence-corrected chi connectivity index (χ3v) is 5.73. The van der Waals surface area contributed by atoms with Gasteiger partial charge in [0.2, 0.25) is 0 Å². The summed E-state index contributed by atoms with van der Waals surface area (Å²) in [5, 5.41) is 3.71. The van der Waals surface area contributed by atoms with Crippen LogP contribution in [0.4, 0.5) is 0 Å². The topological polar surface area (TPSA) is 18.5 Å². The van der Waals surface area contributed by atoms with E-state index in [1.807, 2.05) is 0 Å². The number of fused-ring (bicyclic) bond motifs is 2. The van der Waals surface area contributed by atoms with Crippen LogP contribution in [0.3, 0.4) is 0 Å². The summed E-state index contributed by atoms with van der Waals surface area (Å²) in [5.41, 5.74) is 0. The molecule has 3 rings (SSSR count). The fourth-order valence-electron chi connectivity index (χ4n) is 4.52. The van der Waals surface area contributed by atoms with Gasteiger partial charge >= 0.3 is 0 Å². The monoisotopic (exact) mass is 265 g/mol. The molecular weight excluding hydrogens is 234 g/mol. The van der Waals surface area contributed by atoms with Gasteiger partial charge in [0.1, 0.15) is 0 Å². The summed E-state index contributed by atoms with van der Waals surface area (Å²) in [7, 11) is 2.36. The molecule has 3 saturated heterocycles. The first-order chi connectivity index (χ1) is 9.28. The average Bonchev–Trinajstić information content (AvgIpc) is 2.85. The number of rotatable bonds is 4. The summed E-state index contributed by atoms with van der Waals surface area (Å²) in [5.74, 6) is 0. The van der Waals surface area contributed by atoms with Crippen molar-refractivity contribution in [3.05, 3.63) is 0 Å². The molecule has 3 aliphatic rings. The molecule has 0 aromatic carbocycles. The lowest BCUT2D eigenvalue weighted by Gasteiger charge is -2.49. The van der Waals surface area contributed by atoms with Crippen LogP contribution < -0.4 is 5.32 Å². The van der Waals surface area contributed by atoms with Gasteiger partial charge in [-0.15, -0.1) is 0 Å². The molecule has 3 heteroatoms. The Morgan fingerprint density at radius 1 is 1.05 bits per heavy atom. The van der Waals surface area contributed by atoms with Crippen LogP contribution in [0.25, 0.3) is 0 Å². The van der Waals surface area contributed by atoms with Crippen molar-refractivity contribution in [3.63, 3.8) is 0 Å². The fraction of sp³-hybridized carbons (Fsp3) is 1.00. The van der Waals surface area contributed by atoms with Crippen molar-refractivity contribution in [1.82, 2.24) is 15.1 Å². The third kappa shape index (κ3) is 2.98. The number of nitrogens with zero attached hydrogens (tertiary/aromatic N) is 2. The highest BCUT2D eigenvalue weighted by Gasteiger charge is 2.39. The molecule has 1 N–H and O–H groups in total. The molecule has 0 radical (unpaired) electrons. The Bertz CT molecular complexity index is 280. The molecule has 2 bridgehead atoms. The van der Waals surface area contributed by atoms with Crippen molar-refractivity contribution in [1.29, 1.82) is 0 Å². The van der Waals surface area contributed by atoms with E-state index in [-0.39, 0.29) is 0 Å². The minimum Gasteiger partial charge on any atom is -0.313 e. The second-order valence-electron chi connectivity index (χ2n) is 6.96. The molecule has 3 fully saturated rings. The predicted molar refractivity (Wildman–Crippen MR) is 80.5 cm³/mol. The minimum absolute atomic E-state index is 0.763. The van der Waals surface area contributed by atoms with E-state index in [0.29, 0.717) is 0 Å². The Kier molecular flexibility index (Phi) is 4.45. The Balaban J connectivity index is 1.53. The quantitative estimate of drug-likeness (QED) is 0.839. The van der Waals surface area contributed by atoms with E-state index in [1.165, 1.54) is 64.6 Å². The van der Waals surface area contributed by atoms with Crippen LogP contribution in [-0.2, 0) is 0 Å². The number of hydrogen-bond donors (Lipinski definition) is 1. The summed E-state index contributed by atoms with van der Waals surface area (Å²) < 4.78 is 0. The van der Waals surface area contributed by atoms with E-state index >= 15 is 0 Å². The standard InChI is InChI=1S/C16H31N3/c1-3-8-17-13-7-9-19(12-13)16-10-14-5-4-6-15(11-16)18(14)2/h13-17H,3-12H2,1-2H3. The van der Waals surface area contributed by atoms with Crippen LogP contribution in [0.15, 0.2) is 0 Å². The summed E-state index contributed by atoms with van der Waals surface area (Å²) in [4.78, 5) is 5.48. The zero-order chi connectivity index (χ0) is 13.2. The van der Waals surface area contributed by atoms with Gasteiger partial charge in [0.25, 0.3) is 0 Å². The van der Waals surface area contributed by atoms with Gasteiger partial charge in [0.05, 0.1) is 0 Å². The maximum Gasteiger partial charge on any atom is 0.0207 e. The third-order valence-electron chi connectivity index (χ3n) is 5.73. The molecule has 3 aliphatic heterocycles. The molecule has 0 amide bonds. The Morgan fingerprint density at radius 3 is 2.47 bits per heavy atom.